The van der Waals surface area contributed by atoms with Crippen LogP contribution < -0.4 is 5.32 Å². The van der Waals surface area contributed by atoms with Crippen molar-refractivity contribution in [1.82, 2.24) is 5.32 Å². The van der Waals surface area contributed by atoms with Crippen molar-refractivity contribution < 1.29 is 14.3 Å². The predicted octanol–water partition coefficient (Wildman–Crippen LogP) is 3.92. The molecule has 20 heavy (non-hydrogen) atoms. The zero-order valence-corrected chi connectivity index (χ0v) is 13.0. The molecule has 1 N–H and O–H groups in total. The highest BCUT2D eigenvalue weighted by Gasteiger charge is 2.17. The lowest BCUT2D eigenvalue weighted by Gasteiger charge is -2.20. The number of hydrogen-bond donors (Lipinski definition) is 1. The van der Waals surface area contributed by atoms with Gasteiger partial charge in [0.2, 0.25) is 0 Å². The second-order valence-corrected chi connectivity index (χ2v) is 4.42. The lowest BCUT2D eigenvalue weighted by Crippen LogP contribution is -2.32. The van der Waals surface area contributed by atoms with Gasteiger partial charge in [-0.25, -0.2) is 4.79 Å². The number of hydrogen-bond acceptors (Lipinski definition) is 3. The normalized spacial score (nSPS) is 11.7. The highest BCUT2D eigenvalue weighted by atomic mass is 16.6. The maximum absolute atomic E-state index is 11.6. The number of ether oxygens (including phenoxy) is 1. The van der Waals surface area contributed by atoms with E-state index in [-0.39, 0.29) is 5.57 Å². The number of carbonyl (C=O) groups excluding carboxylic acids is 2. The number of rotatable bonds is 5. The maximum atomic E-state index is 11.6. The third kappa shape index (κ3) is 9.88. The molecule has 0 saturated heterocycles. The van der Waals surface area contributed by atoms with Crippen LogP contribution in [0, 0.1) is 0 Å². The van der Waals surface area contributed by atoms with Gasteiger partial charge in [0.1, 0.15) is 5.60 Å². The zero-order chi connectivity index (χ0) is 16.2. The summed E-state index contributed by atoms with van der Waals surface area (Å²) < 4.78 is 5.09. The molecule has 4 nitrogen and oxygen atoms in total. The number of nitrogens with one attached hydrogen (secondary N) is 1. The fourth-order valence-electron chi connectivity index (χ4n) is 1.06. The largest absolute Gasteiger partial charge is 0.444 e. The van der Waals surface area contributed by atoms with Gasteiger partial charge >= 0.3 is 6.09 Å². The SMILES string of the molecule is C=C/C=C(C=O)\C(=C/C=C)NC(=O)OC(C)(C)C.CC. The topological polar surface area (TPSA) is 55.4 Å². The van der Waals surface area contributed by atoms with Crippen LogP contribution >= 0.6 is 0 Å². The minimum absolute atomic E-state index is 0.288. The van der Waals surface area contributed by atoms with Crippen molar-refractivity contribution in [3.8, 4) is 0 Å². The lowest BCUT2D eigenvalue weighted by molar-refractivity contribution is -0.104. The summed E-state index contributed by atoms with van der Waals surface area (Å²) in [5, 5.41) is 2.49. The molecule has 0 aliphatic rings. The third-order valence-corrected chi connectivity index (χ3v) is 1.66. The molecule has 0 aliphatic carbocycles. The molecule has 0 radical (unpaired) electrons. The second kappa shape index (κ2) is 10.8. The first-order chi connectivity index (χ1) is 9.34. The molecule has 0 atom stereocenters. The molecule has 0 aromatic carbocycles. The Morgan fingerprint density at radius 1 is 1.10 bits per heavy atom. The summed E-state index contributed by atoms with van der Waals surface area (Å²) in [6, 6.07) is 0. The molecule has 0 bridgehead atoms. The molecule has 1 amide bonds. The molecule has 0 rings (SSSR count). The van der Waals surface area contributed by atoms with E-state index in [1.165, 1.54) is 24.3 Å². The van der Waals surface area contributed by atoms with Crippen LogP contribution in [-0.4, -0.2) is 18.0 Å². The highest BCUT2D eigenvalue weighted by Crippen LogP contribution is 2.10. The molecule has 0 aromatic heterocycles. The Labute approximate surface area is 121 Å². The average molecular weight is 279 g/mol. The molecule has 0 fully saturated rings. The number of aldehydes is 1. The van der Waals surface area contributed by atoms with E-state index >= 15 is 0 Å². The smallest absolute Gasteiger partial charge is 0.412 e. The molecule has 0 spiro atoms. The zero-order valence-electron chi connectivity index (χ0n) is 13.0. The van der Waals surface area contributed by atoms with Gasteiger partial charge in [0, 0.05) is 5.57 Å². The minimum Gasteiger partial charge on any atom is -0.444 e. The quantitative estimate of drug-likeness (QED) is 0.471. The van der Waals surface area contributed by atoms with Crippen molar-refractivity contribution in [2.45, 2.75) is 40.2 Å². The Morgan fingerprint density at radius 2 is 1.60 bits per heavy atom. The highest BCUT2D eigenvalue weighted by molar-refractivity contribution is 5.84. The monoisotopic (exact) mass is 279 g/mol. The Hall–Kier alpha value is -2.10. The number of carbonyl (C=O) groups is 2. The molecule has 0 unspecified atom stereocenters. The van der Waals surface area contributed by atoms with Gasteiger partial charge in [-0.15, -0.1) is 0 Å². The van der Waals surface area contributed by atoms with Crippen molar-refractivity contribution in [2.24, 2.45) is 0 Å². The Morgan fingerprint density at radius 3 is 1.95 bits per heavy atom. The van der Waals surface area contributed by atoms with Gasteiger partial charge in [-0.2, -0.15) is 0 Å². The fraction of sp³-hybridized carbons (Fsp3) is 0.375. The first kappa shape index (κ1) is 20.2. The van der Waals surface area contributed by atoms with Crippen molar-refractivity contribution in [2.75, 3.05) is 0 Å². The van der Waals surface area contributed by atoms with E-state index in [9.17, 15) is 9.59 Å². The number of amides is 1. The summed E-state index contributed by atoms with van der Waals surface area (Å²) in [6.45, 7) is 16.3. The molecule has 0 aliphatic heterocycles. The molecule has 4 heteroatoms. The molecule has 0 aromatic rings. The third-order valence-electron chi connectivity index (χ3n) is 1.66. The Kier molecular flexibility index (Phi) is 10.9. The molecular weight excluding hydrogens is 254 g/mol. The lowest BCUT2D eigenvalue weighted by atomic mass is 10.2. The summed E-state index contributed by atoms with van der Waals surface area (Å²) in [6.07, 6.45) is 5.90. The van der Waals surface area contributed by atoms with E-state index in [0.29, 0.717) is 12.0 Å². The fourth-order valence-corrected chi connectivity index (χ4v) is 1.06. The van der Waals surface area contributed by atoms with E-state index < -0.39 is 11.7 Å². The van der Waals surface area contributed by atoms with Crippen LogP contribution in [0.1, 0.15) is 34.6 Å². The van der Waals surface area contributed by atoms with Crippen molar-refractivity contribution in [3.05, 3.63) is 48.7 Å². The summed E-state index contributed by atoms with van der Waals surface area (Å²) >= 11 is 0. The van der Waals surface area contributed by atoms with Gasteiger partial charge in [-0.1, -0.05) is 45.2 Å². The average Bonchev–Trinajstić information content (AvgIpc) is 2.35. The summed E-state index contributed by atoms with van der Waals surface area (Å²) in [4.78, 5) is 22.5. The second-order valence-electron chi connectivity index (χ2n) is 4.42. The molecular formula is C16H25NO3. The van der Waals surface area contributed by atoms with Crippen LogP contribution in [0.15, 0.2) is 48.7 Å². The Balaban J connectivity index is 0. The van der Waals surface area contributed by atoms with Gasteiger partial charge in [-0.05, 0) is 26.8 Å². The summed E-state index contributed by atoms with van der Waals surface area (Å²) in [5.41, 5.74) is -0.00253. The minimum atomic E-state index is -0.632. The van der Waals surface area contributed by atoms with Crippen LogP contribution in [0.2, 0.25) is 0 Å². The summed E-state index contributed by atoms with van der Waals surface area (Å²) in [7, 11) is 0. The standard InChI is InChI=1S/C14H19NO3.C2H6/c1-6-8-11(10-16)12(9-7-2)15-13(17)18-14(3,4)5;1-2/h6-10H,1-2H2,3-5H3,(H,15,17);1-2H3/b11-8-,12-9+;. The molecule has 0 saturated carbocycles. The van der Waals surface area contributed by atoms with Gasteiger partial charge in [0.25, 0.3) is 0 Å². The van der Waals surface area contributed by atoms with E-state index in [4.69, 9.17) is 4.74 Å². The van der Waals surface area contributed by atoms with Gasteiger partial charge in [0.15, 0.2) is 6.29 Å². The predicted molar refractivity (Wildman–Crippen MR) is 83.3 cm³/mol. The van der Waals surface area contributed by atoms with E-state index in [2.05, 4.69) is 18.5 Å². The van der Waals surface area contributed by atoms with Crippen molar-refractivity contribution in [1.29, 1.82) is 0 Å². The van der Waals surface area contributed by atoms with Gasteiger partial charge in [0.05, 0.1) is 5.70 Å². The Bertz CT molecular complexity index is 398. The van der Waals surface area contributed by atoms with Gasteiger partial charge < -0.3 is 4.74 Å². The summed E-state index contributed by atoms with van der Waals surface area (Å²) in [5.74, 6) is 0. The van der Waals surface area contributed by atoms with Crippen LogP contribution in [0.25, 0.3) is 0 Å². The van der Waals surface area contributed by atoms with Crippen LogP contribution in [0.5, 0.6) is 0 Å². The number of alkyl carbamates (subject to hydrolysis) is 1. The first-order valence-corrected chi connectivity index (χ1v) is 6.45. The van der Waals surface area contributed by atoms with E-state index in [1.807, 2.05) is 13.8 Å². The van der Waals surface area contributed by atoms with Crippen LogP contribution in [0.4, 0.5) is 4.79 Å². The van der Waals surface area contributed by atoms with Gasteiger partial charge in [-0.3, -0.25) is 10.1 Å². The van der Waals surface area contributed by atoms with E-state index in [1.54, 1.807) is 20.8 Å². The van der Waals surface area contributed by atoms with E-state index in [0.717, 1.165) is 0 Å². The van der Waals surface area contributed by atoms with Crippen LogP contribution in [0.3, 0.4) is 0 Å². The first-order valence-electron chi connectivity index (χ1n) is 6.45. The van der Waals surface area contributed by atoms with Crippen LogP contribution in [-0.2, 0) is 9.53 Å². The van der Waals surface area contributed by atoms with Crippen molar-refractivity contribution >= 4 is 12.4 Å². The molecule has 112 valence electrons. The maximum Gasteiger partial charge on any atom is 0.412 e. The molecule has 0 heterocycles. The van der Waals surface area contributed by atoms with Crippen molar-refractivity contribution in [3.63, 3.8) is 0 Å². The number of allylic oxidation sites excluding steroid dienone is 5.